The van der Waals surface area contributed by atoms with Gasteiger partial charge >= 0.3 is 6.18 Å². The molecule has 0 radical (unpaired) electrons. The van der Waals surface area contributed by atoms with Crippen LogP contribution in [0, 0.1) is 0 Å². The molecule has 4 nitrogen and oxygen atoms in total. The average Bonchev–Trinajstić information content (AvgIpc) is 3.01. The number of nitrogens with one attached hydrogen (secondary N) is 1. The molecule has 3 aromatic rings. The Bertz CT molecular complexity index is 961. The van der Waals surface area contributed by atoms with Crippen LogP contribution in [-0.2, 0) is 19.0 Å². The zero-order valence-electron chi connectivity index (χ0n) is 13.7. The van der Waals surface area contributed by atoms with Crippen molar-refractivity contribution in [2.75, 3.05) is 5.43 Å². The van der Waals surface area contributed by atoms with Gasteiger partial charge in [0.15, 0.2) is 5.82 Å². The van der Waals surface area contributed by atoms with E-state index in [0.717, 1.165) is 41.6 Å². The van der Waals surface area contributed by atoms with Crippen molar-refractivity contribution in [3.05, 3.63) is 52.2 Å². The molecule has 0 amide bonds. The van der Waals surface area contributed by atoms with Crippen LogP contribution < -0.4 is 5.43 Å². The second-order valence-electron chi connectivity index (χ2n) is 6.10. The van der Waals surface area contributed by atoms with E-state index < -0.39 is 11.7 Å². The number of aromatic nitrogens is 2. The third-order valence-electron chi connectivity index (χ3n) is 4.37. The van der Waals surface area contributed by atoms with Gasteiger partial charge in [-0.1, -0.05) is 12.1 Å². The minimum Gasteiger partial charge on any atom is -0.261 e. The number of hydrogen-bond acceptors (Lipinski definition) is 5. The lowest BCUT2D eigenvalue weighted by molar-refractivity contribution is -0.137. The van der Waals surface area contributed by atoms with Gasteiger partial charge < -0.3 is 0 Å². The zero-order valence-corrected chi connectivity index (χ0v) is 14.5. The first-order chi connectivity index (χ1) is 12.5. The SMILES string of the molecule is FC(F)(F)c1ccc(/C=N/Nc2ncnc3sc4c(c23)CCCC4)cc1. The molecule has 8 heteroatoms. The highest BCUT2D eigenvalue weighted by molar-refractivity contribution is 7.19. The Balaban J connectivity index is 1.56. The maximum atomic E-state index is 12.6. The number of benzene rings is 1. The molecular formula is C18H15F3N4S. The van der Waals surface area contributed by atoms with Gasteiger partial charge in [-0.3, -0.25) is 5.43 Å². The van der Waals surface area contributed by atoms with Gasteiger partial charge in [0.25, 0.3) is 0 Å². The number of hydrogen-bond donors (Lipinski definition) is 1. The van der Waals surface area contributed by atoms with Crippen molar-refractivity contribution in [1.82, 2.24) is 9.97 Å². The molecule has 134 valence electrons. The van der Waals surface area contributed by atoms with Crippen LogP contribution in [0.4, 0.5) is 19.0 Å². The Morgan fingerprint density at radius 1 is 1.08 bits per heavy atom. The number of aryl methyl sites for hydroxylation is 2. The molecule has 1 aliphatic rings. The van der Waals surface area contributed by atoms with Gasteiger partial charge in [0, 0.05) is 4.88 Å². The molecule has 4 rings (SSSR count). The number of fused-ring (bicyclic) bond motifs is 3. The second-order valence-corrected chi connectivity index (χ2v) is 7.19. The van der Waals surface area contributed by atoms with E-state index in [4.69, 9.17) is 0 Å². The summed E-state index contributed by atoms with van der Waals surface area (Å²) in [5.41, 5.74) is 4.11. The Morgan fingerprint density at radius 2 is 1.85 bits per heavy atom. The molecule has 0 bridgehead atoms. The van der Waals surface area contributed by atoms with Gasteiger partial charge in [0.05, 0.1) is 17.2 Å². The summed E-state index contributed by atoms with van der Waals surface area (Å²) in [5.74, 6) is 0.637. The van der Waals surface area contributed by atoms with Crippen molar-refractivity contribution in [3.8, 4) is 0 Å². The van der Waals surface area contributed by atoms with Crippen molar-refractivity contribution >= 4 is 33.6 Å². The van der Waals surface area contributed by atoms with Crippen LogP contribution in [0.3, 0.4) is 0 Å². The van der Waals surface area contributed by atoms with Crippen molar-refractivity contribution < 1.29 is 13.2 Å². The lowest BCUT2D eigenvalue weighted by Crippen LogP contribution is -2.04. The maximum Gasteiger partial charge on any atom is 0.416 e. The number of alkyl halides is 3. The number of rotatable bonds is 3. The molecule has 0 fully saturated rings. The summed E-state index contributed by atoms with van der Waals surface area (Å²) in [6.45, 7) is 0. The highest BCUT2D eigenvalue weighted by Crippen LogP contribution is 2.38. The average molecular weight is 376 g/mol. The lowest BCUT2D eigenvalue weighted by atomic mass is 9.97. The first-order valence-electron chi connectivity index (χ1n) is 8.24. The van der Waals surface area contributed by atoms with Crippen molar-refractivity contribution in [2.45, 2.75) is 31.9 Å². The molecule has 0 saturated heterocycles. The van der Waals surface area contributed by atoms with Crippen LogP contribution in [0.2, 0.25) is 0 Å². The predicted molar refractivity (Wildman–Crippen MR) is 96.7 cm³/mol. The fraction of sp³-hybridized carbons (Fsp3) is 0.278. The molecule has 1 N–H and O–H groups in total. The van der Waals surface area contributed by atoms with Crippen molar-refractivity contribution in [2.24, 2.45) is 5.10 Å². The predicted octanol–water partition coefficient (Wildman–Crippen LogP) is 5.03. The van der Waals surface area contributed by atoms with Crippen LogP contribution in [0.15, 0.2) is 35.7 Å². The Morgan fingerprint density at radius 3 is 2.62 bits per heavy atom. The molecule has 2 aromatic heterocycles. The van der Waals surface area contributed by atoms with E-state index in [2.05, 4.69) is 20.5 Å². The number of hydrazone groups is 1. The Labute approximate surface area is 151 Å². The summed E-state index contributed by atoms with van der Waals surface area (Å²) in [6, 6.07) is 4.85. The van der Waals surface area contributed by atoms with Gasteiger partial charge in [-0.25, -0.2) is 9.97 Å². The molecule has 2 heterocycles. The van der Waals surface area contributed by atoms with Gasteiger partial charge in [0.1, 0.15) is 11.2 Å². The fourth-order valence-corrected chi connectivity index (χ4v) is 4.33. The van der Waals surface area contributed by atoms with E-state index in [0.29, 0.717) is 11.4 Å². The lowest BCUT2D eigenvalue weighted by Gasteiger charge is -2.11. The summed E-state index contributed by atoms with van der Waals surface area (Å²) in [5, 5.41) is 5.15. The molecule has 26 heavy (non-hydrogen) atoms. The standard InChI is InChI=1S/C18H15F3N4S/c19-18(20,21)12-7-5-11(6-8-12)9-24-25-16-15-13-3-1-2-4-14(13)26-17(15)23-10-22-16/h5-10H,1-4H2,(H,22,23,25)/b24-9+. The quantitative estimate of drug-likeness (QED) is 0.515. The summed E-state index contributed by atoms with van der Waals surface area (Å²) in [7, 11) is 0. The van der Waals surface area contributed by atoms with E-state index in [9.17, 15) is 13.2 Å². The summed E-state index contributed by atoms with van der Waals surface area (Å²) in [6.07, 6.45) is 3.08. The molecule has 0 saturated carbocycles. The van der Waals surface area contributed by atoms with E-state index >= 15 is 0 Å². The normalized spacial score (nSPS) is 14.7. The highest BCUT2D eigenvalue weighted by Gasteiger charge is 2.29. The third-order valence-corrected chi connectivity index (χ3v) is 5.57. The van der Waals surface area contributed by atoms with Crippen LogP contribution in [0.25, 0.3) is 10.2 Å². The van der Waals surface area contributed by atoms with Gasteiger partial charge in [0.2, 0.25) is 0 Å². The highest BCUT2D eigenvalue weighted by atomic mass is 32.1. The number of anilines is 1. The largest absolute Gasteiger partial charge is 0.416 e. The van der Waals surface area contributed by atoms with Crippen LogP contribution in [0.5, 0.6) is 0 Å². The van der Waals surface area contributed by atoms with Gasteiger partial charge in [-0.05, 0) is 48.9 Å². The molecular weight excluding hydrogens is 361 g/mol. The number of nitrogens with zero attached hydrogens (tertiary/aromatic N) is 3. The third kappa shape index (κ3) is 3.29. The molecule has 1 aromatic carbocycles. The Hall–Kier alpha value is -2.48. The maximum absolute atomic E-state index is 12.6. The molecule has 0 spiro atoms. The summed E-state index contributed by atoms with van der Waals surface area (Å²) in [4.78, 5) is 10.9. The minimum atomic E-state index is -4.33. The molecule has 1 aliphatic carbocycles. The van der Waals surface area contributed by atoms with E-state index in [1.807, 2.05) is 0 Å². The van der Waals surface area contributed by atoms with Crippen LogP contribution in [-0.4, -0.2) is 16.2 Å². The monoisotopic (exact) mass is 376 g/mol. The van der Waals surface area contributed by atoms with E-state index in [1.54, 1.807) is 11.3 Å². The Kier molecular flexibility index (Phi) is 4.36. The van der Waals surface area contributed by atoms with Crippen LogP contribution in [0.1, 0.15) is 34.4 Å². The summed E-state index contributed by atoms with van der Waals surface area (Å²) >= 11 is 1.70. The second kappa shape index (κ2) is 6.68. The van der Waals surface area contributed by atoms with E-state index in [1.165, 1.54) is 41.5 Å². The summed E-state index contributed by atoms with van der Waals surface area (Å²) < 4.78 is 37.8. The molecule has 0 unspecified atom stereocenters. The molecule has 0 aliphatic heterocycles. The number of thiophene rings is 1. The first-order valence-corrected chi connectivity index (χ1v) is 9.05. The zero-order chi connectivity index (χ0) is 18.1. The first kappa shape index (κ1) is 17.0. The number of halogens is 3. The van der Waals surface area contributed by atoms with Crippen molar-refractivity contribution in [1.29, 1.82) is 0 Å². The van der Waals surface area contributed by atoms with Gasteiger partial charge in [-0.2, -0.15) is 18.3 Å². The minimum absolute atomic E-state index is 0.572. The van der Waals surface area contributed by atoms with Crippen LogP contribution >= 0.6 is 11.3 Å². The smallest absolute Gasteiger partial charge is 0.261 e. The molecule has 0 atom stereocenters. The fourth-order valence-electron chi connectivity index (χ4n) is 3.10. The van der Waals surface area contributed by atoms with Crippen molar-refractivity contribution in [3.63, 3.8) is 0 Å². The van der Waals surface area contributed by atoms with E-state index in [-0.39, 0.29) is 0 Å². The van der Waals surface area contributed by atoms with Gasteiger partial charge in [-0.15, -0.1) is 11.3 Å². The topological polar surface area (TPSA) is 50.2 Å².